The molecule has 0 fully saturated rings. The van der Waals surface area contributed by atoms with Crippen molar-refractivity contribution < 1.29 is 23.9 Å². The zero-order valence-corrected chi connectivity index (χ0v) is 9.03. The topological polar surface area (TPSA) is 81.7 Å². The molecule has 0 heterocycles. The molecule has 15 heavy (non-hydrogen) atoms. The Hall–Kier alpha value is -1.43. The molecule has 0 aliphatic carbocycles. The van der Waals surface area contributed by atoms with E-state index in [1.165, 1.54) is 21.0 Å². The van der Waals surface area contributed by atoms with Crippen LogP contribution in [0.2, 0.25) is 0 Å². The maximum Gasteiger partial charge on any atom is 0.328 e. The van der Waals surface area contributed by atoms with Gasteiger partial charge in [-0.2, -0.15) is 0 Å². The molecular formula is C9H15NO5. The van der Waals surface area contributed by atoms with Crippen LogP contribution in [0.5, 0.6) is 0 Å². The normalized spacial score (nSPS) is 11.7. The lowest BCUT2D eigenvalue weighted by Gasteiger charge is -2.11. The van der Waals surface area contributed by atoms with Crippen LogP contribution in [-0.2, 0) is 23.9 Å². The first-order valence-corrected chi connectivity index (χ1v) is 4.41. The van der Waals surface area contributed by atoms with Crippen molar-refractivity contribution in [2.24, 2.45) is 0 Å². The molecule has 0 saturated carbocycles. The van der Waals surface area contributed by atoms with Crippen molar-refractivity contribution in [2.45, 2.75) is 19.9 Å². The maximum atomic E-state index is 11.1. The van der Waals surface area contributed by atoms with Gasteiger partial charge in [-0.1, -0.05) is 0 Å². The van der Waals surface area contributed by atoms with Crippen LogP contribution in [-0.4, -0.2) is 44.0 Å². The lowest BCUT2D eigenvalue weighted by Crippen LogP contribution is -2.41. The minimum absolute atomic E-state index is 0.111. The molecule has 0 aliphatic rings. The van der Waals surface area contributed by atoms with E-state index in [-0.39, 0.29) is 19.0 Å². The summed E-state index contributed by atoms with van der Waals surface area (Å²) in [5, 5.41) is 2.35. The summed E-state index contributed by atoms with van der Waals surface area (Å²) in [4.78, 5) is 32.5. The van der Waals surface area contributed by atoms with E-state index in [9.17, 15) is 14.4 Å². The predicted octanol–water partition coefficient (Wildman–Crippen LogP) is -0.730. The van der Waals surface area contributed by atoms with Gasteiger partial charge in [0.1, 0.15) is 19.3 Å². The maximum absolute atomic E-state index is 11.1. The van der Waals surface area contributed by atoms with Crippen molar-refractivity contribution in [3.05, 3.63) is 0 Å². The van der Waals surface area contributed by atoms with Crippen LogP contribution in [0, 0.1) is 0 Å². The molecule has 0 aromatic carbocycles. The van der Waals surface area contributed by atoms with Crippen molar-refractivity contribution in [1.82, 2.24) is 5.32 Å². The van der Waals surface area contributed by atoms with Gasteiger partial charge in [0.2, 0.25) is 5.91 Å². The number of hydrogen-bond acceptors (Lipinski definition) is 5. The number of ketones is 1. The van der Waals surface area contributed by atoms with Crippen LogP contribution in [0.4, 0.5) is 0 Å². The molecule has 0 saturated heterocycles. The molecule has 0 bridgehead atoms. The van der Waals surface area contributed by atoms with Gasteiger partial charge in [0, 0.05) is 0 Å². The summed E-state index contributed by atoms with van der Waals surface area (Å²) in [6.45, 7) is 2.49. The van der Waals surface area contributed by atoms with Crippen LogP contribution in [0.15, 0.2) is 0 Å². The van der Waals surface area contributed by atoms with Crippen molar-refractivity contribution in [2.75, 3.05) is 20.3 Å². The lowest BCUT2D eigenvalue weighted by atomic mass is 10.3. The summed E-state index contributed by atoms with van der Waals surface area (Å²) in [5.41, 5.74) is 0. The largest absolute Gasteiger partial charge is 0.467 e. The molecular weight excluding hydrogens is 202 g/mol. The molecule has 0 spiro atoms. The van der Waals surface area contributed by atoms with Crippen LogP contribution in [0.3, 0.4) is 0 Å². The second kappa shape index (κ2) is 6.94. The van der Waals surface area contributed by atoms with E-state index >= 15 is 0 Å². The van der Waals surface area contributed by atoms with Gasteiger partial charge in [0.05, 0.1) is 7.11 Å². The second-order valence-corrected chi connectivity index (χ2v) is 3.01. The molecule has 1 amide bonds. The number of hydrogen-bond donors (Lipinski definition) is 1. The number of carbonyl (C=O) groups is 3. The number of carbonyl (C=O) groups excluding carboxylic acids is 3. The van der Waals surface area contributed by atoms with E-state index < -0.39 is 17.9 Å². The Balaban J connectivity index is 3.74. The molecule has 0 aromatic heterocycles. The lowest BCUT2D eigenvalue weighted by molar-refractivity contribution is -0.145. The van der Waals surface area contributed by atoms with Crippen LogP contribution in [0.1, 0.15) is 13.8 Å². The quantitative estimate of drug-likeness (QED) is 0.593. The molecule has 0 radical (unpaired) electrons. The fraction of sp³-hybridized carbons (Fsp3) is 0.667. The predicted molar refractivity (Wildman–Crippen MR) is 51.1 cm³/mol. The smallest absolute Gasteiger partial charge is 0.328 e. The summed E-state index contributed by atoms with van der Waals surface area (Å²) in [6, 6.07) is -0.719. The molecule has 6 heteroatoms. The monoisotopic (exact) mass is 217 g/mol. The highest BCUT2D eigenvalue weighted by atomic mass is 16.5. The van der Waals surface area contributed by atoms with E-state index in [2.05, 4.69) is 10.1 Å². The molecule has 86 valence electrons. The van der Waals surface area contributed by atoms with E-state index in [1.54, 1.807) is 0 Å². The Kier molecular flexibility index (Phi) is 6.28. The van der Waals surface area contributed by atoms with E-state index in [1.807, 2.05) is 0 Å². The van der Waals surface area contributed by atoms with Crippen molar-refractivity contribution in [3.63, 3.8) is 0 Å². The van der Waals surface area contributed by atoms with Gasteiger partial charge >= 0.3 is 5.97 Å². The highest BCUT2D eigenvalue weighted by Crippen LogP contribution is 1.86. The van der Waals surface area contributed by atoms with Gasteiger partial charge in [-0.05, 0) is 13.8 Å². The number of amides is 1. The number of esters is 1. The molecule has 6 nitrogen and oxygen atoms in total. The number of ether oxygens (including phenoxy) is 2. The summed E-state index contributed by atoms with van der Waals surface area (Å²) >= 11 is 0. The standard InChI is InChI=1S/C9H15NO5/c1-6(11)4-15-5-8(12)10-7(2)9(13)14-3/h7H,4-5H2,1-3H3,(H,10,12)/t7-/m0/s1. The first-order chi connectivity index (χ1) is 6.97. The van der Waals surface area contributed by atoms with Crippen molar-refractivity contribution in [1.29, 1.82) is 0 Å². The van der Waals surface area contributed by atoms with Gasteiger partial charge in [-0.3, -0.25) is 9.59 Å². The fourth-order valence-corrected chi connectivity index (χ4v) is 0.806. The SMILES string of the molecule is COC(=O)[C@H](C)NC(=O)COCC(C)=O. The van der Waals surface area contributed by atoms with Crippen LogP contribution < -0.4 is 5.32 Å². The van der Waals surface area contributed by atoms with E-state index in [0.29, 0.717) is 0 Å². The van der Waals surface area contributed by atoms with E-state index in [4.69, 9.17) is 4.74 Å². The zero-order chi connectivity index (χ0) is 11.8. The van der Waals surface area contributed by atoms with Crippen LogP contribution in [0.25, 0.3) is 0 Å². The second-order valence-electron chi connectivity index (χ2n) is 3.01. The van der Waals surface area contributed by atoms with Crippen LogP contribution >= 0.6 is 0 Å². The first kappa shape index (κ1) is 13.6. The summed E-state index contributed by atoms with van der Waals surface area (Å²) in [6.07, 6.45) is 0. The highest BCUT2D eigenvalue weighted by Gasteiger charge is 2.15. The Morgan fingerprint density at radius 1 is 1.27 bits per heavy atom. The molecule has 0 aliphatic heterocycles. The number of Topliss-reactive ketones (excluding diaryl/α,β-unsaturated/α-hetero) is 1. The Bertz CT molecular complexity index is 251. The summed E-state index contributed by atoms with van der Waals surface area (Å²) in [7, 11) is 1.23. The average Bonchev–Trinajstić information content (AvgIpc) is 2.15. The molecule has 0 unspecified atom stereocenters. The van der Waals surface area contributed by atoms with E-state index in [0.717, 1.165) is 0 Å². The summed E-state index contributed by atoms with van der Waals surface area (Å²) in [5.74, 6) is -1.16. The Morgan fingerprint density at radius 3 is 2.33 bits per heavy atom. The third kappa shape index (κ3) is 6.62. The molecule has 1 N–H and O–H groups in total. The van der Waals surface area contributed by atoms with Crippen molar-refractivity contribution in [3.8, 4) is 0 Å². The van der Waals surface area contributed by atoms with Gasteiger partial charge < -0.3 is 14.8 Å². The van der Waals surface area contributed by atoms with Gasteiger partial charge in [0.15, 0.2) is 5.78 Å². The Morgan fingerprint density at radius 2 is 1.87 bits per heavy atom. The minimum Gasteiger partial charge on any atom is -0.467 e. The number of nitrogens with one attached hydrogen (secondary N) is 1. The zero-order valence-electron chi connectivity index (χ0n) is 9.03. The highest BCUT2D eigenvalue weighted by molar-refractivity contribution is 5.85. The van der Waals surface area contributed by atoms with Gasteiger partial charge in [-0.25, -0.2) is 4.79 Å². The first-order valence-electron chi connectivity index (χ1n) is 4.41. The molecule has 0 aromatic rings. The minimum atomic E-state index is -0.719. The molecule has 0 rings (SSSR count). The van der Waals surface area contributed by atoms with Gasteiger partial charge in [0.25, 0.3) is 0 Å². The summed E-state index contributed by atoms with van der Waals surface area (Å²) < 4.78 is 9.16. The average molecular weight is 217 g/mol. The number of methoxy groups -OCH3 is 1. The molecule has 1 atom stereocenters. The Labute approximate surface area is 87.9 Å². The number of rotatable bonds is 6. The third-order valence-electron chi connectivity index (χ3n) is 1.47. The van der Waals surface area contributed by atoms with Crippen molar-refractivity contribution >= 4 is 17.7 Å². The fourth-order valence-electron chi connectivity index (χ4n) is 0.806. The van der Waals surface area contributed by atoms with Gasteiger partial charge in [-0.15, -0.1) is 0 Å². The third-order valence-corrected chi connectivity index (χ3v) is 1.47.